The highest BCUT2D eigenvalue weighted by Gasteiger charge is 2.23. The van der Waals surface area contributed by atoms with E-state index >= 15 is 0 Å². The molecule has 0 aliphatic carbocycles. The average molecular weight is 182 g/mol. The Hall–Kier alpha value is -0.830. The number of amides is 1. The molecule has 0 aromatic carbocycles. The van der Waals surface area contributed by atoms with Crippen molar-refractivity contribution in [3.63, 3.8) is 0 Å². The first-order valence-electron chi connectivity index (χ1n) is 4.80. The van der Waals surface area contributed by atoms with Crippen molar-refractivity contribution in [3.05, 3.63) is 12.2 Å². The van der Waals surface area contributed by atoms with Crippen LogP contribution in [0.1, 0.15) is 20.3 Å². The fraction of sp³-hybridized carbons (Fsp3) is 0.700. The predicted octanol–water partition coefficient (Wildman–Crippen LogP) is 0.758. The lowest BCUT2D eigenvalue weighted by Gasteiger charge is -2.34. The van der Waals surface area contributed by atoms with Crippen LogP contribution in [0, 0.1) is 5.92 Å². The van der Waals surface area contributed by atoms with Crippen molar-refractivity contribution < 1.29 is 4.79 Å². The Kier molecular flexibility index (Phi) is 3.48. The molecule has 74 valence electrons. The van der Waals surface area contributed by atoms with Gasteiger partial charge in [-0.15, -0.1) is 0 Å². The minimum absolute atomic E-state index is 0.0875. The summed E-state index contributed by atoms with van der Waals surface area (Å²) in [5.41, 5.74) is 5.83. The van der Waals surface area contributed by atoms with Crippen LogP contribution in [0.25, 0.3) is 0 Å². The minimum atomic E-state index is 0.0875. The van der Waals surface area contributed by atoms with E-state index in [4.69, 9.17) is 5.73 Å². The van der Waals surface area contributed by atoms with Gasteiger partial charge in [-0.05, 0) is 25.3 Å². The van der Waals surface area contributed by atoms with Gasteiger partial charge >= 0.3 is 0 Å². The van der Waals surface area contributed by atoms with E-state index in [1.807, 2.05) is 11.8 Å². The second kappa shape index (κ2) is 4.42. The van der Waals surface area contributed by atoms with Crippen LogP contribution in [0.5, 0.6) is 0 Å². The summed E-state index contributed by atoms with van der Waals surface area (Å²) >= 11 is 0. The lowest BCUT2D eigenvalue weighted by molar-refractivity contribution is -0.128. The van der Waals surface area contributed by atoms with E-state index in [0.29, 0.717) is 12.5 Å². The van der Waals surface area contributed by atoms with Gasteiger partial charge in [-0.25, -0.2) is 0 Å². The topological polar surface area (TPSA) is 46.3 Å². The predicted molar refractivity (Wildman–Crippen MR) is 53.2 cm³/mol. The zero-order valence-electron chi connectivity index (χ0n) is 8.36. The number of likely N-dealkylation sites (tertiary alicyclic amines) is 1. The second-order valence-corrected chi connectivity index (χ2v) is 3.84. The molecule has 0 saturated carbocycles. The number of allylic oxidation sites excluding steroid dienone is 1. The number of rotatable bonds is 1. The van der Waals surface area contributed by atoms with E-state index < -0.39 is 0 Å². The Morgan fingerprint density at radius 2 is 2.23 bits per heavy atom. The molecule has 1 aliphatic heterocycles. The van der Waals surface area contributed by atoms with E-state index in [9.17, 15) is 4.79 Å². The van der Waals surface area contributed by atoms with Crippen molar-refractivity contribution in [1.29, 1.82) is 0 Å². The van der Waals surface area contributed by atoms with Gasteiger partial charge in [0.15, 0.2) is 0 Å². The smallest absolute Gasteiger partial charge is 0.246 e. The normalized spacial score (nSPS) is 29.6. The summed E-state index contributed by atoms with van der Waals surface area (Å²) < 4.78 is 0. The fourth-order valence-corrected chi connectivity index (χ4v) is 1.83. The third kappa shape index (κ3) is 2.84. The Labute approximate surface area is 79.6 Å². The van der Waals surface area contributed by atoms with Crippen molar-refractivity contribution in [2.24, 2.45) is 11.7 Å². The third-order valence-electron chi connectivity index (χ3n) is 2.31. The molecule has 2 N–H and O–H groups in total. The Balaban J connectivity index is 2.54. The molecule has 1 rings (SSSR count). The summed E-state index contributed by atoms with van der Waals surface area (Å²) in [6.45, 7) is 5.53. The summed E-state index contributed by atoms with van der Waals surface area (Å²) in [7, 11) is 0. The molecule has 2 unspecified atom stereocenters. The van der Waals surface area contributed by atoms with Gasteiger partial charge in [0, 0.05) is 19.1 Å². The fourth-order valence-electron chi connectivity index (χ4n) is 1.83. The highest BCUT2D eigenvalue weighted by Crippen LogP contribution is 2.14. The first kappa shape index (κ1) is 10.3. The summed E-state index contributed by atoms with van der Waals surface area (Å²) in [6, 6.07) is 0.151. The zero-order chi connectivity index (χ0) is 9.84. The summed E-state index contributed by atoms with van der Waals surface area (Å²) in [5.74, 6) is 0.613. The quantitative estimate of drug-likeness (QED) is 0.608. The largest absolute Gasteiger partial charge is 0.337 e. The SMILES string of the molecule is C/C=C/C(=O)N1CC(C)CC(N)C1. The first-order chi connectivity index (χ1) is 6.13. The Morgan fingerprint density at radius 1 is 1.54 bits per heavy atom. The standard InChI is InChI=1S/C10H18N2O/c1-3-4-10(13)12-6-8(2)5-9(11)7-12/h3-4,8-9H,5-7,11H2,1-2H3/b4-3+. The van der Waals surface area contributed by atoms with E-state index in [1.54, 1.807) is 12.2 Å². The molecule has 1 amide bonds. The number of hydrogen-bond acceptors (Lipinski definition) is 2. The Bertz CT molecular complexity index is 203. The van der Waals surface area contributed by atoms with Crippen LogP contribution in [0.3, 0.4) is 0 Å². The summed E-state index contributed by atoms with van der Waals surface area (Å²) in [5, 5.41) is 0. The van der Waals surface area contributed by atoms with Crippen LogP contribution in [0.4, 0.5) is 0 Å². The van der Waals surface area contributed by atoms with Crippen molar-refractivity contribution in [1.82, 2.24) is 4.90 Å². The maximum atomic E-state index is 11.5. The molecule has 0 radical (unpaired) electrons. The molecule has 3 nitrogen and oxygen atoms in total. The van der Waals surface area contributed by atoms with Gasteiger partial charge in [-0.3, -0.25) is 4.79 Å². The van der Waals surface area contributed by atoms with Crippen LogP contribution in [0.15, 0.2) is 12.2 Å². The van der Waals surface area contributed by atoms with Gasteiger partial charge in [0.2, 0.25) is 5.91 Å². The van der Waals surface area contributed by atoms with Crippen LogP contribution in [-0.2, 0) is 4.79 Å². The van der Waals surface area contributed by atoms with Gasteiger partial charge in [0.25, 0.3) is 0 Å². The van der Waals surface area contributed by atoms with Crippen LogP contribution in [-0.4, -0.2) is 29.9 Å². The molecule has 0 bridgehead atoms. The molecular formula is C10H18N2O. The van der Waals surface area contributed by atoms with Crippen LogP contribution in [0.2, 0.25) is 0 Å². The molecule has 1 aliphatic rings. The molecule has 1 heterocycles. The van der Waals surface area contributed by atoms with Crippen LogP contribution >= 0.6 is 0 Å². The lowest BCUT2D eigenvalue weighted by Crippen LogP contribution is -2.48. The van der Waals surface area contributed by atoms with Crippen LogP contribution < -0.4 is 5.73 Å². The third-order valence-corrected chi connectivity index (χ3v) is 2.31. The van der Waals surface area contributed by atoms with Gasteiger partial charge in [0.05, 0.1) is 0 Å². The number of carbonyl (C=O) groups excluding carboxylic acids is 1. The molecule has 0 spiro atoms. The van der Waals surface area contributed by atoms with E-state index in [0.717, 1.165) is 13.0 Å². The number of nitrogens with two attached hydrogens (primary N) is 1. The maximum absolute atomic E-state index is 11.5. The van der Waals surface area contributed by atoms with Gasteiger partial charge in [-0.1, -0.05) is 13.0 Å². The van der Waals surface area contributed by atoms with Gasteiger partial charge in [-0.2, -0.15) is 0 Å². The van der Waals surface area contributed by atoms with Crippen molar-refractivity contribution in [2.75, 3.05) is 13.1 Å². The van der Waals surface area contributed by atoms with E-state index in [-0.39, 0.29) is 11.9 Å². The molecule has 13 heavy (non-hydrogen) atoms. The number of hydrogen-bond donors (Lipinski definition) is 1. The van der Waals surface area contributed by atoms with Crippen molar-refractivity contribution >= 4 is 5.91 Å². The summed E-state index contributed by atoms with van der Waals surface area (Å²) in [6.07, 6.45) is 4.40. The molecule has 1 saturated heterocycles. The molecule has 1 fully saturated rings. The highest BCUT2D eigenvalue weighted by atomic mass is 16.2. The van der Waals surface area contributed by atoms with E-state index in [1.165, 1.54) is 0 Å². The average Bonchev–Trinajstić information content (AvgIpc) is 2.03. The number of nitrogens with zero attached hydrogens (tertiary/aromatic N) is 1. The number of carbonyl (C=O) groups is 1. The monoisotopic (exact) mass is 182 g/mol. The molecule has 0 aromatic rings. The summed E-state index contributed by atoms with van der Waals surface area (Å²) in [4.78, 5) is 13.3. The van der Waals surface area contributed by atoms with Crippen molar-refractivity contribution in [2.45, 2.75) is 26.3 Å². The second-order valence-electron chi connectivity index (χ2n) is 3.84. The molecule has 2 atom stereocenters. The van der Waals surface area contributed by atoms with Crippen molar-refractivity contribution in [3.8, 4) is 0 Å². The molecule has 3 heteroatoms. The molecule has 0 aromatic heterocycles. The molecular weight excluding hydrogens is 164 g/mol. The Morgan fingerprint density at radius 3 is 2.77 bits per heavy atom. The lowest BCUT2D eigenvalue weighted by atomic mass is 9.96. The van der Waals surface area contributed by atoms with Gasteiger partial charge in [0.1, 0.15) is 0 Å². The van der Waals surface area contributed by atoms with E-state index in [2.05, 4.69) is 6.92 Å². The highest BCUT2D eigenvalue weighted by molar-refractivity contribution is 5.87. The minimum Gasteiger partial charge on any atom is -0.337 e. The maximum Gasteiger partial charge on any atom is 0.246 e. The van der Waals surface area contributed by atoms with Gasteiger partial charge < -0.3 is 10.6 Å². The number of piperidine rings is 1. The first-order valence-corrected chi connectivity index (χ1v) is 4.80. The zero-order valence-corrected chi connectivity index (χ0v) is 8.36.